The van der Waals surface area contributed by atoms with Crippen molar-refractivity contribution in [3.8, 4) is 11.5 Å². The van der Waals surface area contributed by atoms with E-state index in [2.05, 4.69) is 0 Å². The summed E-state index contributed by atoms with van der Waals surface area (Å²) in [6.07, 6.45) is 0.352. The fourth-order valence-corrected chi connectivity index (χ4v) is 1.36. The van der Waals surface area contributed by atoms with E-state index in [1.54, 1.807) is 6.92 Å². The molecule has 4 nitrogen and oxygen atoms in total. The van der Waals surface area contributed by atoms with Crippen LogP contribution in [0, 0.1) is 0 Å². The molecule has 0 saturated heterocycles. The number of aliphatic carboxylic acids is 1. The number of aromatic hydroxyl groups is 2. The largest absolute Gasteiger partial charge is 0.549 e. The van der Waals surface area contributed by atoms with Gasteiger partial charge in [0, 0.05) is 18.0 Å². The number of carbonyl (C=O) groups is 1. The third-order valence-electron chi connectivity index (χ3n) is 2.02. The van der Waals surface area contributed by atoms with E-state index < -0.39 is 11.9 Å². The van der Waals surface area contributed by atoms with Crippen molar-refractivity contribution in [3.05, 3.63) is 23.8 Å². The molecule has 4 heteroatoms. The molecular weight excluding hydrogens is 184 g/mol. The quantitative estimate of drug-likeness (QED) is 0.728. The third kappa shape index (κ3) is 2.16. The van der Waals surface area contributed by atoms with Crippen molar-refractivity contribution in [1.29, 1.82) is 0 Å². The molecule has 76 valence electrons. The van der Waals surface area contributed by atoms with Gasteiger partial charge in [-0.25, -0.2) is 0 Å². The first-order chi connectivity index (χ1) is 6.54. The standard InChI is InChI=1S/C10H12O4/c1-2-9(10(13)14)6-3-7(11)5-8(12)4-6/h3-5,9,11-12H,2H2,1H3,(H,13,14)/p-1. The van der Waals surface area contributed by atoms with E-state index in [1.807, 2.05) is 0 Å². The van der Waals surface area contributed by atoms with Gasteiger partial charge in [-0.3, -0.25) is 0 Å². The number of carboxylic acid groups (broad SMARTS) is 1. The first kappa shape index (κ1) is 10.4. The molecule has 2 N–H and O–H groups in total. The van der Waals surface area contributed by atoms with Crippen molar-refractivity contribution in [2.24, 2.45) is 0 Å². The Hall–Kier alpha value is -1.71. The molecule has 1 rings (SSSR count). The van der Waals surface area contributed by atoms with Gasteiger partial charge in [-0.1, -0.05) is 6.92 Å². The summed E-state index contributed by atoms with van der Waals surface area (Å²) in [4.78, 5) is 10.7. The number of phenols is 2. The molecule has 1 unspecified atom stereocenters. The summed E-state index contributed by atoms with van der Waals surface area (Å²) in [5.74, 6) is -2.31. The van der Waals surface area contributed by atoms with E-state index in [4.69, 9.17) is 10.2 Å². The van der Waals surface area contributed by atoms with Gasteiger partial charge in [0.25, 0.3) is 0 Å². The molecule has 0 bridgehead atoms. The second-order valence-electron chi connectivity index (χ2n) is 3.06. The van der Waals surface area contributed by atoms with Crippen molar-refractivity contribution < 1.29 is 20.1 Å². The highest BCUT2D eigenvalue weighted by Crippen LogP contribution is 2.27. The highest BCUT2D eigenvalue weighted by molar-refractivity contribution is 5.74. The Morgan fingerprint density at radius 3 is 2.21 bits per heavy atom. The molecule has 1 aromatic carbocycles. The van der Waals surface area contributed by atoms with Gasteiger partial charge in [-0.05, 0) is 24.1 Å². The van der Waals surface area contributed by atoms with E-state index in [-0.39, 0.29) is 11.5 Å². The Morgan fingerprint density at radius 1 is 1.36 bits per heavy atom. The molecule has 0 saturated carbocycles. The zero-order valence-electron chi connectivity index (χ0n) is 7.73. The van der Waals surface area contributed by atoms with E-state index in [1.165, 1.54) is 12.1 Å². The zero-order chi connectivity index (χ0) is 10.7. The Kier molecular flexibility index (Phi) is 2.96. The van der Waals surface area contributed by atoms with Crippen LogP contribution in [0.4, 0.5) is 0 Å². The van der Waals surface area contributed by atoms with Crippen molar-refractivity contribution in [2.45, 2.75) is 19.3 Å². The summed E-state index contributed by atoms with van der Waals surface area (Å²) < 4.78 is 0. The van der Waals surface area contributed by atoms with Gasteiger partial charge in [0.15, 0.2) is 0 Å². The van der Waals surface area contributed by atoms with Crippen LogP contribution in [0.5, 0.6) is 11.5 Å². The van der Waals surface area contributed by atoms with E-state index >= 15 is 0 Å². The molecule has 0 spiro atoms. The van der Waals surface area contributed by atoms with Crippen molar-refractivity contribution in [3.63, 3.8) is 0 Å². The van der Waals surface area contributed by atoms with Crippen LogP contribution < -0.4 is 5.11 Å². The minimum Gasteiger partial charge on any atom is -0.549 e. The SMILES string of the molecule is CCC(C(=O)[O-])c1cc(O)cc(O)c1. The predicted molar refractivity (Wildman–Crippen MR) is 47.8 cm³/mol. The molecule has 1 atom stereocenters. The predicted octanol–water partition coefficient (Wildman–Crippen LogP) is 0.341. The van der Waals surface area contributed by atoms with Gasteiger partial charge in [-0.2, -0.15) is 0 Å². The molecule has 0 aliphatic carbocycles. The van der Waals surface area contributed by atoms with Gasteiger partial charge in [0.05, 0.1) is 0 Å². The second-order valence-corrected chi connectivity index (χ2v) is 3.06. The van der Waals surface area contributed by atoms with Crippen LogP contribution in [0.15, 0.2) is 18.2 Å². The van der Waals surface area contributed by atoms with Gasteiger partial charge in [0.1, 0.15) is 11.5 Å². The van der Waals surface area contributed by atoms with E-state index in [0.717, 1.165) is 6.07 Å². The lowest BCUT2D eigenvalue weighted by Crippen LogP contribution is -2.29. The molecule has 0 aliphatic rings. The molecule has 1 aromatic rings. The average molecular weight is 195 g/mol. The molecule has 0 heterocycles. The van der Waals surface area contributed by atoms with Crippen LogP contribution in [-0.4, -0.2) is 16.2 Å². The van der Waals surface area contributed by atoms with Crippen LogP contribution >= 0.6 is 0 Å². The van der Waals surface area contributed by atoms with Gasteiger partial charge < -0.3 is 20.1 Å². The third-order valence-corrected chi connectivity index (χ3v) is 2.02. The van der Waals surface area contributed by atoms with Crippen molar-refractivity contribution >= 4 is 5.97 Å². The average Bonchev–Trinajstić information content (AvgIpc) is 2.02. The second kappa shape index (κ2) is 4.00. The van der Waals surface area contributed by atoms with Crippen molar-refractivity contribution in [1.82, 2.24) is 0 Å². The lowest BCUT2D eigenvalue weighted by molar-refractivity contribution is -0.308. The monoisotopic (exact) mass is 195 g/mol. The fraction of sp³-hybridized carbons (Fsp3) is 0.300. The highest BCUT2D eigenvalue weighted by Gasteiger charge is 2.12. The van der Waals surface area contributed by atoms with Crippen LogP contribution in [0.1, 0.15) is 24.8 Å². The molecule has 0 aromatic heterocycles. The highest BCUT2D eigenvalue weighted by atomic mass is 16.4. The molecule has 0 amide bonds. The van der Waals surface area contributed by atoms with E-state index in [0.29, 0.717) is 12.0 Å². The van der Waals surface area contributed by atoms with Crippen LogP contribution in [0.3, 0.4) is 0 Å². The van der Waals surface area contributed by atoms with Crippen LogP contribution in [0.25, 0.3) is 0 Å². The Morgan fingerprint density at radius 2 is 1.86 bits per heavy atom. The van der Waals surface area contributed by atoms with E-state index in [9.17, 15) is 9.90 Å². The number of carbonyl (C=O) groups excluding carboxylic acids is 1. The number of carboxylic acids is 1. The molecule has 14 heavy (non-hydrogen) atoms. The number of phenolic OH excluding ortho intramolecular Hbond substituents is 2. The fourth-order valence-electron chi connectivity index (χ4n) is 1.36. The minimum absolute atomic E-state index is 0.153. The maximum absolute atomic E-state index is 10.7. The molecular formula is C10H11O4-. The number of hydrogen-bond acceptors (Lipinski definition) is 4. The molecule has 0 aliphatic heterocycles. The summed E-state index contributed by atoms with van der Waals surface area (Å²) >= 11 is 0. The first-order valence-corrected chi connectivity index (χ1v) is 4.28. The maximum Gasteiger partial charge on any atom is 0.119 e. The number of rotatable bonds is 3. The summed E-state index contributed by atoms with van der Waals surface area (Å²) in [7, 11) is 0. The number of hydrogen-bond donors (Lipinski definition) is 2. The van der Waals surface area contributed by atoms with Gasteiger partial charge >= 0.3 is 0 Å². The normalized spacial score (nSPS) is 12.4. The Labute approximate surface area is 81.4 Å². The summed E-state index contributed by atoms with van der Waals surface area (Å²) in [5, 5.41) is 29.0. The minimum atomic E-state index is -1.21. The Bertz CT molecular complexity index is 326. The lowest BCUT2D eigenvalue weighted by Gasteiger charge is -2.16. The summed E-state index contributed by atoms with van der Waals surface area (Å²) in [6, 6.07) is 3.76. The summed E-state index contributed by atoms with van der Waals surface area (Å²) in [5.41, 5.74) is 0.352. The molecule has 0 radical (unpaired) electrons. The smallest absolute Gasteiger partial charge is 0.119 e. The van der Waals surface area contributed by atoms with Gasteiger partial charge in [-0.15, -0.1) is 0 Å². The van der Waals surface area contributed by atoms with Crippen molar-refractivity contribution in [2.75, 3.05) is 0 Å². The first-order valence-electron chi connectivity index (χ1n) is 4.28. The molecule has 0 fully saturated rings. The summed E-state index contributed by atoms with van der Waals surface area (Å²) in [6.45, 7) is 1.70. The maximum atomic E-state index is 10.7. The number of benzene rings is 1. The zero-order valence-corrected chi connectivity index (χ0v) is 7.73. The lowest BCUT2D eigenvalue weighted by atomic mass is 9.96. The van der Waals surface area contributed by atoms with Crippen LogP contribution in [0.2, 0.25) is 0 Å². The topological polar surface area (TPSA) is 80.6 Å². The Balaban J connectivity index is 3.10. The van der Waals surface area contributed by atoms with Gasteiger partial charge in [0.2, 0.25) is 0 Å². The van der Waals surface area contributed by atoms with Crippen LogP contribution in [-0.2, 0) is 4.79 Å².